The van der Waals surface area contributed by atoms with E-state index in [1.54, 1.807) is 43.6 Å². The van der Waals surface area contributed by atoms with E-state index in [1.807, 2.05) is 42.5 Å². The van der Waals surface area contributed by atoms with Gasteiger partial charge in [0.2, 0.25) is 10.0 Å². The average molecular weight is 368 g/mol. The fraction of sp³-hybridized carbons (Fsp3) is 0.150. The highest BCUT2D eigenvalue weighted by Crippen LogP contribution is 2.25. The molecular weight excluding hydrogens is 348 g/mol. The van der Waals surface area contributed by atoms with Gasteiger partial charge >= 0.3 is 0 Å². The minimum atomic E-state index is -3.59. The number of hydrogen-bond donors (Lipinski definition) is 1. The summed E-state index contributed by atoms with van der Waals surface area (Å²) in [5, 5.41) is 0. The molecule has 0 aliphatic heterocycles. The second kappa shape index (κ2) is 8.12. The summed E-state index contributed by atoms with van der Waals surface area (Å²) in [6.07, 6.45) is 1.71. The fourth-order valence-electron chi connectivity index (χ4n) is 2.69. The topological polar surface area (TPSA) is 68.3 Å². The monoisotopic (exact) mass is 368 g/mol. The van der Waals surface area contributed by atoms with Crippen molar-refractivity contribution in [2.45, 2.75) is 10.8 Å². The minimum absolute atomic E-state index is 0.208. The third-order valence-electron chi connectivity index (χ3n) is 4.09. The van der Waals surface area contributed by atoms with E-state index >= 15 is 0 Å². The molecule has 0 spiro atoms. The summed E-state index contributed by atoms with van der Waals surface area (Å²) < 4.78 is 33.0. The van der Waals surface area contributed by atoms with Gasteiger partial charge in [-0.25, -0.2) is 13.1 Å². The van der Waals surface area contributed by atoms with Crippen molar-refractivity contribution in [1.82, 2.24) is 9.71 Å². The number of benzene rings is 2. The van der Waals surface area contributed by atoms with Gasteiger partial charge in [-0.05, 0) is 42.0 Å². The molecule has 6 heteroatoms. The zero-order valence-corrected chi connectivity index (χ0v) is 15.2. The van der Waals surface area contributed by atoms with Gasteiger partial charge in [-0.3, -0.25) is 4.98 Å². The van der Waals surface area contributed by atoms with E-state index in [1.165, 1.54) is 0 Å². The highest BCUT2D eigenvalue weighted by atomic mass is 32.2. The van der Waals surface area contributed by atoms with Gasteiger partial charge in [0.1, 0.15) is 5.75 Å². The summed E-state index contributed by atoms with van der Waals surface area (Å²) in [5.74, 6) is 0.541. The third kappa shape index (κ3) is 4.28. The number of pyridine rings is 1. The Balaban J connectivity index is 1.87. The molecule has 0 amide bonds. The Morgan fingerprint density at radius 2 is 1.65 bits per heavy atom. The Labute approximate surface area is 153 Å². The van der Waals surface area contributed by atoms with Crippen LogP contribution in [0.2, 0.25) is 0 Å². The van der Waals surface area contributed by atoms with Crippen LogP contribution in [0.25, 0.3) is 0 Å². The van der Waals surface area contributed by atoms with Crippen molar-refractivity contribution < 1.29 is 13.2 Å². The standard InChI is InChI=1S/C20H20N2O3S/c1-25-17-12-10-16(11-13-17)19(20-9-5-6-14-21-20)15-22-26(23,24)18-7-3-2-4-8-18/h2-14,19,22H,15H2,1H3. The summed E-state index contributed by atoms with van der Waals surface area (Å²) in [6.45, 7) is 0.209. The first-order valence-electron chi connectivity index (χ1n) is 8.20. The molecule has 1 aromatic heterocycles. The van der Waals surface area contributed by atoms with Crippen LogP contribution < -0.4 is 9.46 Å². The van der Waals surface area contributed by atoms with Crippen LogP contribution in [-0.4, -0.2) is 27.1 Å². The van der Waals surface area contributed by atoms with Crippen LogP contribution in [0.15, 0.2) is 83.9 Å². The molecule has 134 valence electrons. The van der Waals surface area contributed by atoms with Gasteiger partial charge in [0.05, 0.1) is 12.0 Å². The van der Waals surface area contributed by atoms with Crippen molar-refractivity contribution in [2.24, 2.45) is 0 Å². The van der Waals surface area contributed by atoms with Crippen molar-refractivity contribution in [1.29, 1.82) is 0 Å². The number of hydrogen-bond acceptors (Lipinski definition) is 4. The normalized spacial score (nSPS) is 12.5. The highest BCUT2D eigenvalue weighted by Gasteiger charge is 2.20. The lowest BCUT2D eigenvalue weighted by Crippen LogP contribution is -2.29. The molecule has 1 atom stereocenters. The quantitative estimate of drug-likeness (QED) is 0.695. The third-order valence-corrected chi connectivity index (χ3v) is 5.53. The number of ether oxygens (including phenoxy) is 1. The summed E-state index contributed by atoms with van der Waals surface area (Å²) in [7, 11) is -1.98. The van der Waals surface area contributed by atoms with Crippen molar-refractivity contribution in [2.75, 3.05) is 13.7 Å². The lowest BCUT2D eigenvalue weighted by Gasteiger charge is -2.18. The molecule has 3 rings (SSSR count). The molecule has 0 saturated heterocycles. The molecule has 0 radical (unpaired) electrons. The lowest BCUT2D eigenvalue weighted by molar-refractivity contribution is 0.414. The first-order valence-corrected chi connectivity index (χ1v) is 9.68. The minimum Gasteiger partial charge on any atom is -0.497 e. The van der Waals surface area contributed by atoms with Gasteiger partial charge in [0.15, 0.2) is 0 Å². The highest BCUT2D eigenvalue weighted by molar-refractivity contribution is 7.89. The summed E-state index contributed by atoms with van der Waals surface area (Å²) in [5.41, 5.74) is 1.76. The number of nitrogens with zero attached hydrogens (tertiary/aromatic N) is 1. The van der Waals surface area contributed by atoms with Crippen LogP contribution in [-0.2, 0) is 10.0 Å². The predicted octanol–water partition coefficient (Wildman–Crippen LogP) is 3.20. The molecule has 0 saturated carbocycles. The molecule has 1 unspecified atom stereocenters. The van der Waals surface area contributed by atoms with Gasteiger partial charge in [-0.1, -0.05) is 36.4 Å². The zero-order valence-electron chi connectivity index (χ0n) is 14.4. The Hall–Kier alpha value is -2.70. The molecule has 5 nitrogen and oxygen atoms in total. The molecule has 0 aliphatic rings. The van der Waals surface area contributed by atoms with Crippen LogP contribution in [0, 0.1) is 0 Å². The summed E-state index contributed by atoms with van der Waals surface area (Å²) in [4.78, 5) is 4.65. The second-order valence-electron chi connectivity index (χ2n) is 5.75. The van der Waals surface area contributed by atoms with E-state index in [9.17, 15) is 8.42 Å². The largest absolute Gasteiger partial charge is 0.497 e. The number of rotatable bonds is 7. The van der Waals surface area contributed by atoms with Crippen LogP contribution in [0.3, 0.4) is 0 Å². The average Bonchev–Trinajstić information content (AvgIpc) is 2.70. The Kier molecular flexibility index (Phi) is 5.65. The maximum Gasteiger partial charge on any atom is 0.240 e. The van der Waals surface area contributed by atoms with E-state index in [0.717, 1.165) is 17.0 Å². The van der Waals surface area contributed by atoms with E-state index in [-0.39, 0.29) is 17.4 Å². The summed E-state index contributed by atoms with van der Waals surface area (Å²) >= 11 is 0. The second-order valence-corrected chi connectivity index (χ2v) is 7.51. The lowest BCUT2D eigenvalue weighted by atomic mass is 9.95. The molecule has 0 aliphatic carbocycles. The van der Waals surface area contributed by atoms with E-state index in [4.69, 9.17) is 4.74 Å². The number of sulfonamides is 1. The van der Waals surface area contributed by atoms with E-state index in [2.05, 4.69) is 9.71 Å². The maximum atomic E-state index is 12.5. The van der Waals surface area contributed by atoms with Crippen molar-refractivity contribution in [3.63, 3.8) is 0 Å². The predicted molar refractivity (Wildman–Crippen MR) is 101 cm³/mol. The van der Waals surface area contributed by atoms with Crippen LogP contribution in [0.4, 0.5) is 0 Å². The van der Waals surface area contributed by atoms with Crippen molar-refractivity contribution >= 4 is 10.0 Å². The van der Waals surface area contributed by atoms with Crippen LogP contribution >= 0.6 is 0 Å². The smallest absolute Gasteiger partial charge is 0.240 e. The molecule has 26 heavy (non-hydrogen) atoms. The zero-order chi connectivity index (χ0) is 18.4. The first kappa shape index (κ1) is 18.1. The Morgan fingerprint density at radius 3 is 2.27 bits per heavy atom. The molecule has 0 bridgehead atoms. The molecular formula is C20H20N2O3S. The van der Waals surface area contributed by atoms with Gasteiger partial charge in [0.25, 0.3) is 0 Å². The SMILES string of the molecule is COc1ccc(C(CNS(=O)(=O)c2ccccc2)c2ccccn2)cc1. The van der Waals surface area contributed by atoms with Crippen molar-refractivity contribution in [3.8, 4) is 5.75 Å². The van der Waals surface area contributed by atoms with Gasteiger partial charge in [-0.15, -0.1) is 0 Å². The Morgan fingerprint density at radius 1 is 0.962 bits per heavy atom. The number of aromatic nitrogens is 1. The molecule has 1 N–H and O–H groups in total. The van der Waals surface area contributed by atoms with Crippen LogP contribution in [0.5, 0.6) is 5.75 Å². The molecule has 0 fully saturated rings. The number of nitrogens with one attached hydrogen (secondary N) is 1. The van der Waals surface area contributed by atoms with Gasteiger partial charge in [-0.2, -0.15) is 0 Å². The molecule has 1 heterocycles. The van der Waals surface area contributed by atoms with Crippen molar-refractivity contribution in [3.05, 3.63) is 90.3 Å². The first-order chi connectivity index (χ1) is 12.6. The van der Waals surface area contributed by atoms with Gasteiger partial charge < -0.3 is 4.74 Å². The Bertz CT molecular complexity index is 928. The van der Waals surface area contributed by atoms with E-state index < -0.39 is 10.0 Å². The maximum absolute atomic E-state index is 12.5. The van der Waals surface area contributed by atoms with Gasteiger partial charge in [0, 0.05) is 24.4 Å². The number of methoxy groups -OCH3 is 1. The molecule has 3 aromatic rings. The summed E-state index contributed by atoms with van der Waals surface area (Å²) in [6, 6.07) is 21.5. The van der Waals surface area contributed by atoms with E-state index in [0.29, 0.717) is 0 Å². The fourth-order valence-corrected chi connectivity index (χ4v) is 3.76. The van der Waals surface area contributed by atoms with Crippen LogP contribution in [0.1, 0.15) is 17.2 Å². The molecule has 2 aromatic carbocycles.